The minimum Gasteiger partial charge on any atom is -0.427 e. The van der Waals surface area contributed by atoms with E-state index >= 15 is 0 Å². The predicted octanol–water partition coefficient (Wildman–Crippen LogP) is 0.784. The van der Waals surface area contributed by atoms with Crippen molar-refractivity contribution in [1.29, 1.82) is 0 Å². The second-order valence-electron chi connectivity index (χ2n) is 3.00. The number of hydrogen-bond donors (Lipinski definition) is 1. The summed E-state index contributed by atoms with van der Waals surface area (Å²) in [6.07, 6.45) is 0. The number of oxazole rings is 1. The van der Waals surface area contributed by atoms with E-state index < -0.39 is 15.2 Å². The van der Waals surface area contributed by atoms with E-state index in [9.17, 15) is 8.42 Å². The van der Waals surface area contributed by atoms with Crippen LogP contribution >= 0.6 is 0 Å². The van der Waals surface area contributed by atoms with Crippen molar-refractivity contribution in [2.24, 2.45) is 5.14 Å². The molecule has 0 saturated carbocycles. The van der Waals surface area contributed by atoms with Crippen molar-refractivity contribution >= 4 is 21.1 Å². The number of benzene rings is 1. The Labute approximate surface area is 80.6 Å². The van der Waals surface area contributed by atoms with Crippen LogP contribution in [0.15, 0.2) is 27.8 Å². The molecule has 0 aliphatic heterocycles. The Kier molecular flexibility index (Phi) is 1.83. The van der Waals surface area contributed by atoms with Crippen molar-refractivity contribution in [3.63, 3.8) is 0 Å². The van der Waals surface area contributed by atoms with Gasteiger partial charge in [-0.3, -0.25) is 0 Å². The Hall–Kier alpha value is -1.40. The molecule has 1 aromatic heterocycles. The van der Waals surface area contributed by atoms with Crippen molar-refractivity contribution in [2.45, 2.75) is 12.1 Å². The number of nitrogens with two attached hydrogens (primary N) is 1. The molecule has 2 rings (SSSR count). The van der Waals surface area contributed by atoms with Crippen molar-refractivity contribution in [3.8, 4) is 0 Å². The summed E-state index contributed by atoms with van der Waals surface area (Å²) >= 11 is 0. The van der Waals surface area contributed by atoms with Crippen LogP contribution in [0.4, 0.5) is 0 Å². The molecule has 0 radical (unpaired) electrons. The van der Waals surface area contributed by atoms with Crippen LogP contribution in [-0.2, 0) is 10.0 Å². The van der Waals surface area contributed by atoms with Crippen LogP contribution in [0, 0.1) is 6.92 Å². The monoisotopic (exact) mass is 212 g/mol. The number of aromatic nitrogens is 1. The minimum absolute atomic E-state index is 0.416. The standard InChI is InChI=1S/C8H8N2O3S/c1-5-2-3-7-6(4-5)10-8(13-7)14(9,11)12/h2-4H,1H3,(H2,9,11,12). The van der Waals surface area contributed by atoms with E-state index in [0.717, 1.165) is 5.56 Å². The smallest absolute Gasteiger partial charge is 0.331 e. The molecule has 2 N–H and O–H groups in total. The number of rotatable bonds is 1. The van der Waals surface area contributed by atoms with Crippen molar-refractivity contribution in [1.82, 2.24) is 4.98 Å². The fourth-order valence-electron chi connectivity index (χ4n) is 1.14. The fraction of sp³-hybridized carbons (Fsp3) is 0.125. The molecule has 0 amide bonds. The molecule has 0 aliphatic rings. The lowest BCUT2D eigenvalue weighted by Gasteiger charge is -1.87. The van der Waals surface area contributed by atoms with Gasteiger partial charge < -0.3 is 4.42 Å². The lowest BCUT2D eigenvalue weighted by molar-refractivity contribution is 0.459. The van der Waals surface area contributed by atoms with Crippen molar-refractivity contribution in [3.05, 3.63) is 23.8 Å². The Balaban J connectivity index is 2.75. The number of primary sulfonamides is 1. The van der Waals surface area contributed by atoms with Crippen LogP contribution in [0.3, 0.4) is 0 Å². The fourth-order valence-corrected chi connectivity index (χ4v) is 1.57. The highest BCUT2D eigenvalue weighted by atomic mass is 32.2. The predicted molar refractivity (Wildman–Crippen MR) is 50.1 cm³/mol. The summed E-state index contributed by atoms with van der Waals surface area (Å²) in [7, 11) is -3.86. The van der Waals surface area contributed by atoms with Gasteiger partial charge in [0.1, 0.15) is 5.52 Å². The van der Waals surface area contributed by atoms with Gasteiger partial charge in [-0.15, -0.1) is 0 Å². The Bertz CT molecular complexity index is 586. The second-order valence-corrected chi connectivity index (χ2v) is 4.44. The molecule has 0 atom stereocenters. The Morgan fingerprint density at radius 3 is 2.79 bits per heavy atom. The van der Waals surface area contributed by atoms with Gasteiger partial charge in [0.05, 0.1) is 0 Å². The van der Waals surface area contributed by atoms with Gasteiger partial charge >= 0.3 is 5.22 Å². The molecule has 0 bridgehead atoms. The molecule has 0 saturated heterocycles. The number of fused-ring (bicyclic) bond motifs is 1. The highest BCUT2D eigenvalue weighted by molar-refractivity contribution is 7.88. The first-order valence-electron chi connectivity index (χ1n) is 3.87. The molecule has 6 heteroatoms. The lowest BCUT2D eigenvalue weighted by Crippen LogP contribution is -2.12. The zero-order valence-corrected chi connectivity index (χ0v) is 8.21. The third-order valence-electron chi connectivity index (χ3n) is 1.77. The average molecular weight is 212 g/mol. The van der Waals surface area contributed by atoms with Crippen molar-refractivity contribution in [2.75, 3.05) is 0 Å². The molecule has 0 fully saturated rings. The number of sulfonamides is 1. The van der Waals surface area contributed by atoms with E-state index in [1.807, 2.05) is 6.92 Å². The number of hydrogen-bond acceptors (Lipinski definition) is 4. The Morgan fingerprint density at radius 1 is 1.43 bits per heavy atom. The van der Waals surface area contributed by atoms with Crippen LogP contribution in [0.25, 0.3) is 11.1 Å². The first-order valence-corrected chi connectivity index (χ1v) is 5.41. The highest BCUT2D eigenvalue weighted by Crippen LogP contribution is 2.18. The zero-order valence-electron chi connectivity index (χ0n) is 7.39. The third kappa shape index (κ3) is 1.49. The topological polar surface area (TPSA) is 86.2 Å². The molecule has 14 heavy (non-hydrogen) atoms. The molecule has 74 valence electrons. The molecular weight excluding hydrogens is 204 g/mol. The molecular formula is C8H8N2O3S. The molecule has 0 aliphatic carbocycles. The van der Waals surface area contributed by atoms with Crippen LogP contribution in [-0.4, -0.2) is 13.4 Å². The second kappa shape index (κ2) is 2.79. The van der Waals surface area contributed by atoms with Crippen LogP contribution < -0.4 is 5.14 Å². The van der Waals surface area contributed by atoms with Gasteiger partial charge in [0.15, 0.2) is 5.58 Å². The van der Waals surface area contributed by atoms with Crippen LogP contribution in [0.2, 0.25) is 0 Å². The number of nitrogens with zero attached hydrogens (tertiary/aromatic N) is 1. The summed E-state index contributed by atoms with van der Waals surface area (Å²) < 4.78 is 26.8. The van der Waals surface area contributed by atoms with E-state index in [-0.39, 0.29) is 0 Å². The van der Waals surface area contributed by atoms with E-state index in [4.69, 9.17) is 9.56 Å². The molecule has 0 unspecified atom stereocenters. The van der Waals surface area contributed by atoms with Gasteiger partial charge in [0.2, 0.25) is 0 Å². The van der Waals surface area contributed by atoms with Gasteiger partial charge in [0, 0.05) is 0 Å². The largest absolute Gasteiger partial charge is 0.427 e. The molecule has 1 heterocycles. The van der Waals surface area contributed by atoms with E-state index in [0.29, 0.717) is 11.1 Å². The average Bonchev–Trinajstić information content (AvgIpc) is 2.45. The molecule has 2 aromatic rings. The minimum atomic E-state index is -3.86. The van der Waals surface area contributed by atoms with Gasteiger partial charge in [-0.25, -0.2) is 13.6 Å². The SMILES string of the molecule is Cc1ccc2oc(S(N)(=O)=O)nc2c1. The van der Waals surface area contributed by atoms with Crippen LogP contribution in [0.5, 0.6) is 0 Å². The summed E-state index contributed by atoms with van der Waals surface area (Å²) in [5.41, 5.74) is 1.89. The highest BCUT2D eigenvalue weighted by Gasteiger charge is 2.16. The summed E-state index contributed by atoms with van der Waals surface area (Å²) in [4.78, 5) is 3.77. The third-order valence-corrected chi connectivity index (χ3v) is 2.43. The molecule has 5 nitrogen and oxygen atoms in total. The van der Waals surface area contributed by atoms with Gasteiger partial charge in [0.25, 0.3) is 10.0 Å². The maximum Gasteiger partial charge on any atom is 0.331 e. The zero-order chi connectivity index (χ0) is 10.3. The lowest BCUT2D eigenvalue weighted by atomic mass is 10.2. The number of aryl methyl sites for hydroxylation is 1. The van der Waals surface area contributed by atoms with Gasteiger partial charge in [-0.05, 0) is 24.6 Å². The van der Waals surface area contributed by atoms with Gasteiger partial charge in [-0.2, -0.15) is 4.98 Å². The van der Waals surface area contributed by atoms with Gasteiger partial charge in [-0.1, -0.05) is 6.07 Å². The maximum absolute atomic E-state index is 10.9. The summed E-state index contributed by atoms with van der Waals surface area (Å²) in [5, 5.41) is 4.43. The van der Waals surface area contributed by atoms with Crippen LogP contribution in [0.1, 0.15) is 5.56 Å². The van der Waals surface area contributed by atoms with E-state index in [1.165, 1.54) is 0 Å². The summed E-state index contributed by atoms with van der Waals surface area (Å²) in [6.45, 7) is 1.88. The summed E-state index contributed by atoms with van der Waals surface area (Å²) in [5.74, 6) is 0. The first kappa shape index (κ1) is 9.17. The first-order chi connectivity index (χ1) is 6.47. The Morgan fingerprint density at radius 2 is 2.14 bits per heavy atom. The summed E-state index contributed by atoms with van der Waals surface area (Å²) in [6, 6.07) is 5.19. The molecule has 1 aromatic carbocycles. The van der Waals surface area contributed by atoms with E-state index in [2.05, 4.69) is 4.98 Å². The quantitative estimate of drug-likeness (QED) is 0.756. The maximum atomic E-state index is 10.9. The molecule has 0 spiro atoms. The van der Waals surface area contributed by atoms with E-state index in [1.54, 1.807) is 18.2 Å². The van der Waals surface area contributed by atoms with Crippen molar-refractivity contribution < 1.29 is 12.8 Å². The normalized spacial score (nSPS) is 12.1.